The molecule has 1 aliphatic carbocycles. The van der Waals surface area contributed by atoms with Gasteiger partial charge >= 0.3 is 0 Å². The van der Waals surface area contributed by atoms with E-state index in [0.717, 1.165) is 24.6 Å². The van der Waals surface area contributed by atoms with Crippen LogP contribution in [0.1, 0.15) is 37.5 Å². The molecule has 0 unspecified atom stereocenters. The summed E-state index contributed by atoms with van der Waals surface area (Å²) in [6.07, 6.45) is 8.16. The predicted molar refractivity (Wildman–Crippen MR) is 70.6 cm³/mol. The Morgan fingerprint density at radius 2 is 2.11 bits per heavy atom. The van der Waals surface area contributed by atoms with Crippen LogP contribution in [0.4, 0.5) is 0 Å². The summed E-state index contributed by atoms with van der Waals surface area (Å²) in [5.74, 6) is 2.48. The minimum atomic E-state index is 0.395. The van der Waals surface area contributed by atoms with Crippen LogP contribution in [0, 0.1) is 0 Å². The molecule has 0 aliphatic heterocycles. The van der Waals surface area contributed by atoms with Crippen LogP contribution in [0.2, 0.25) is 0 Å². The lowest BCUT2D eigenvalue weighted by atomic mass is 9.86. The molecule has 3 rings (SSSR count). The van der Waals surface area contributed by atoms with Gasteiger partial charge in [0.1, 0.15) is 0 Å². The highest BCUT2D eigenvalue weighted by Crippen LogP contribution is 2.32. The van der Waals surface area contributed by atoms with Crippen molar-refractivity contribution < 1.29 is 4.52 Å². The van der Waals surface area contributed by atoms with Crippen LogP contribution in [-0.4, -0.2) is 32.8 Å². The van der Waals surface area contributed by atoms with E-state index in [1.807, 2.05) is 24.9 Å². The fraction of sp³-hybridized carbons (Fsp3) is 0.615. The van der Waals surface area contributed by atoms with Crippen molar-refractivity contribution in [3.8, 4) is 11.6 Å². The van der Waals surface area contributed by atoms with Gasteiger partial charge in [-0.1, -0.05) is 5.16 Å². The minimum absolute atomic E-state index is 0.395. The molecule has 19 heavy (non-hydrogen) atoms. The summed E-state index contributed by atoms with van der Waals surface area (Å²) >= 11 is 0. The van der Waals surface area contributed by atoms with Crippen LogP contribution in [0.5, 0.6) is 0 Å². The number of nitrogens with one attached hydrogen (secondary N) is 1. The van der Waals surface area contributed by atoms with Crippen molar-refractivity contribution in [3.63, 3.8) is 0 Å². The Morgan fingerprint density at radius 1 is 1.32 bits per heavy atom. The molecule has 0 amide bonds. The molecule has 0 spiro atoms. The van der Waals surface area contributed by atoms with Crippen molar-refractivity contribution in [1.29, 1.82) is 0 Å². The SMILES string of the molecule is CNC1CCC(c2nc(-c3nccn3C)no2)CC1. The average Bonchev–Trinajstić information content (AvgIpc) is 3.07. The second-order valence-corrected chi connectivity index (χ2v) is 5.16. The second kappa shape index (κ2) is 5.13. The van der Waals surface area contributed by atoms with Gasteiger partial charge in [0.2, 0.25) is 11.7 Å². The van der Waals surface area contributed by atoms with E-state index >= 15 is 0 Å². The summed E-state index contributed by atoms with van der Waals surface area (Å²) in [7, 11) is 3.95. The van der Waals surface area contributed by atoms with Gasteiger partial charge in [-0.15, -0.1) is 0 Å². The van der Waals surface area contributed by atoms with Crippen molar-refractivity contribution in [1.82, 2.24) is 25.0 Å². The standard InChI is InChI=1S/C13H19N5O/c1-14-10-5-3-9(4-6-10)13-16-11(17-19-13)12-15-7-8-18(12)2/h7-10,14H,3-6H2,1-2H3. The maximum atomic E-state index is 5.42. The normalized spacial score (nSPS) is 23.7. The van der Waals surface area contributed by atoms with E-state index in [-0.39, 0.29) is 0 Å². The molecule has 0 atom stereocenters. The van der Waals surface area contributed by atoms with Crippen LogP contribution in [0.3, 0.4) is 0 Å². The summed E-state index contributed by atoms with van der Waals surface area (Å²) in [5.41, 5.74) is 0. The fourth-order valence-electron chi connectivity index (χ4n) is 2.70. The van der Waals surface area contributed by atoms with Crippen molar-refractivity contribution in [2.75, 3.05) is 7.05 Å². The zero-order chi connectivity index (χ0) is 13.2. The first kappa shape index (κ1) is 12.3. The molecule has 2 aromatic rings. The lowest BCUT2D eigenvalue weighted by Crippen LogP contribution is -2.29. The quantitative estimate of drug-likeness (QED) is 0.911. The Hall–Kier alpha value is -1.69. The molecule has 0 bridgehead atoms. The number of rotatable bonds is 3. The predicted octanol–water partition coefficient (Wildman–Crippen LogP) is 1.72. The molecule has 0 aromatic carbocycles. The van der Waals surface area contributed by atoms with Gasteiger partial charge < -0.3 is 14.4 Å². The number of aryl methyl sites for hydroxylation is 1. The van der Waals surface area contributed by atoms with E-state index in [0.29, 0.717) is 17.8 Å². The molecule has 1 saturated carbocycles. The zero-order valence-electron chi connectivity index (χ0n) is 11.3. The van der Waals surface area contributed by atoms with E-state index in [1.165, 1.54) is 12.8 Å². The fourth-order valence-corrected chi connectivity index (χ4v) is 2.70. The van der Waals surface area contributed by atoms with Gasteiger partial charge in [-0.05, 0) is 32.7 Å². The molecule has 2 heterocycles. The number of hydrogen-bond donors (Lipinski definition) is 1. The summed E-state index contributed by atoms with van der Waals surface area (Å²) in [6.45, 7) is 0. The Kier molecular flexibility index (Phi) is 3.33. The third-order valence-corrected chi connectivity index (χ3v) is 3.95. The van der Waals surface area contributed by atoms with Gasteiger partial charge in [-0.3, -0.25) is 0 Å². The van der Waals surface area contributed by atoms with E-state index in [1.54, 1.807) is 6.20 Å². The van der Waals surface area contributed by atoms with Gasteiger partial charge in [-0.2, -0.15) is 4.98 Å². The smallest absolute Gasteiger partial charge is 0.238 e. The van der Waals surface area contributed by atoms with Gasteiger partial charge in [-0.25, -0.2) is 4.98 Å². The molecule has 0 saturated heterocycles. The zero-order valence-corrected chi connectivity index (χ0v) is 11.3. The monoisotopic (exact) mass is 261 g/mol. The first-order valence-electron chi connectivity index (χ1n) is 6.76. The summed E-state index contributed by atoms with van der Waals surface area (Å²) in [5, 5.41) is 7.38. The largest absolute Gasteiger partial charge is 0.339 e. The lowest BCUT2D eigenvalue weighted by Gasteiger charge is -2.25. The van der Waals surface area contributed by atoms with E-state index < -0.39 is 0 Å². The Bertz CT molecular complexity index is 539. The maximum Gasteiger partial charge on any atom is 0.238 e. The summed E-state index contributed by atoms with van der Waals surface area (Å²) in [4.78, 5) is 8.74. The summed E-state index contributed by atoms with van der Waals surface area (Å²) in [6, 6.07) is 0.633. The highest BCUT2D eigenvalue weighted by molar-refractivity contribution is 5.42. The lowest BCUT2D eigenvalue weighted by molar-refractivity contribution is 0.288. The summed E-state index contributed by atoms with van der Waals surface area (Å²) < 4.78 is 7.31. The van der Waals surface area contributed by atoms with Crippen LogP contribution < -0.4 is 5.32 Å². The minimum Gasteiger partial charge on any atom is -0.339 e. The third-order valence-electron chi connectivity index (χ3n) is 3.95. The number of aromatic nitrogens is 4. The third kappa shape index (κ3) is 2.40. The van der Waals surface area contributed by atoms with E-state index in [4.69, 9.17) is 4.52 Å². The molecule has 6 heteroatoms. The van der Waals surface area contributed by atoms with Crippen LogP contribution >= 0.6 is 0 Å². The van der Waals surface area contributed by atoms with Gasteiger partial charge in [0, 0.05) is 31.4 Å². The molecule has 1 fully saturated rings. The molecule has 102 valence electrons. The Morgan fingerprint density at radius 3 is 2.74 bits per heavy atom. The molecule has 6 nitrogen and oxygen atoms in total. The Labute approximate surface area is 112 Å². The topological polar surface area (TPSA) is 68.8 Å². The van der Waals surface area contributed by atoms with Gasteiger partial charge in [0.25, 0.3) is 0 Å². The highest BCUT2D eigenvalue weighted by atomic mass is 16.5. The number of nitrogens with zero attached hydrogens (tertiary/aromatic N) is 4. The molecule has 1 N–H and O–H groups in total. The molecular weight excluding hydrogens is 242 g/mol. The average molecular weight is 261 g/mol. The second-order valence-electron chi connectivity index (χ2n) is 5.16. The molecule has 2 aromatic heterocycles. The number of hydrogen-bond acceptors (Lipinski definition) is 5. The van der Waals surface area contributed by atoms with E-state index in [9.17, 15) is 0 Å². The van der Waals surface area contributed by atoms with Crippen molar-refractivity contribution in [2.24, 2.45) is 7.05 Å². The first-order valence-corrected chi connectivity index (χ1v) is 6.76. The van der Waals surface area contributed by atoms with Crippen LogP contribution in [-0.2, 0) is 7.05 Å². The maximum absolute atomic E-state index is 5.42. The van der Waals surface area contributed by atoms with Crippen LogP contribution in [0.15, 0.2) is 16.9 Å². The van der Waals surface area contributed by atoms with Crippen molar-refractivity contribution >= 4 is 0 Å². The number of imidazole rings is 1. The Balaban J connectivity index is 1.74. The molecule has 0 radical (unpaired) electrons. The van der Waals surface area contributed by atoms with Crippen LogP contribution in [0.25, 0.3) is 11.6 Å². The first-order chi connectivity index (χ1) is 9.28. The molecule has 1 aliphatic rings. The molecular formula is C13H19N5O. The van der Waals surface area contributed by atoms with Crippen molar-refractivity contribution in [3.05, 3.63) is 18.3 Å². The van der Waals surface area contributed by atoms with E-state index in [2.05, 4.69) is 20.4 Å². The van der Waals surface area contributed by atoms with Crippen molar-refractivity contribution in [2.45, 2.75) is 37.6 Å². The highest BCUT2D eigenvalue weighted by Gasteiger charge is 2.26. The van der Waals surface area contributed by atoms with Gasteiger partial charge in [0.05, 0.1) is 0 Å². The van der Waals surface area contributed by atoms with Gasteiger partial charge in [0.15, 0.2) is 5.82 Å².